The quantitative estimate of drug-likeness (QED) is 0.753. The number of halogens is 3. The topological polar surface area (TPSA) is 96.4 Å². The van der Waals surface area contributed by atoms with E-state index >= 15 is 0 Å². The molecule has 142 valence electrons. The summed E-state index contributed by atoms with van der Waals surface area (Å²) in [6.45, 7) is 3.37. The van der Waals surface area contributed by atoms with Crippen LogP contribution in [-0.2, 0) is 20.5 Å². The Hall–Kier alpha value is -2.44. The van der Waals surface area contributed by atoms with Crippen molar-refractivity contribution >= 4 is 17.5 Å². The van der Waals surface area contributed by atoms with E-state index in [4.69, 9.17) is 15.7 Å². The number of alkyl halides is 3. The maximum absolute atomic E-state index is 13.3. The molecule has 1 aromatic carbocycles. The first-order chi connectivity index (χ1) is 12.4. The molecule has 4 rings (SSSR count). The number of hydrogen-bond donors (Lipinski definition) is 1. The lowest BCUT2D eigenvalue weighted by molar-refractivity contribution is -0.138. The van der Waals surface area contributed by atoms with Gasteiger partial charge in [0.2, 0.25) is 11.8 Å². The van der Waals surface area contributed by atoms with Gasteiger partial charge in [-0.05, 0) is 38.5 Å². The van der Waals surface area contributed by atoms with Gasteiger partial charge in [0, 0.05) is 6.04 Å². The molecule has 3 aliphatic heterocycles. The predicted octanol–water partition coefficient (Wildman–Crippen LogP) is 1.96. The van der Waals surface area contributed by atoms with Crippen LogP contribution in [0.1, 0.15) is 31.4 Å². The minimum atomic E-state index is -4.79. The van der Waals surface area contributed by atoms with Gasteiger partial charge in [-0.3, -0.25) is 9.59 Å². The number of imide groups is 1. The fourth-order valence-corrected chi connectivity index (χ4v) is 4.86. The second-order valence-corrected chi connectivity index (χ2v) is 7.72. The van der Waals surface area contributed by atoms with E-state index in [1.165, 1.54) is 12.1 Å². The van der Waals surface area contributed by atoms with Gasteiger partial charge in [-0.1, -0.05) is 0 Å². The van der Waals surface area contributed by atoms with Crippen LogP contribution >= 0.6 is 0 Å². The van der Waals surface area contributed by atoms with Gasteiger partial charge < -0.3 is 10.5 Å². The van der Waals surface area contributed by atoms with E-state index in [2.05, 4.69) is 0 Å². The molecule has 3 fully saturated rings. The summed E-state index contributed by atoms with van der Waals surface area (Å²) in [5, 5.41) is 8.92. The molecule has 0 aromatic heterocycles. The van der Waals surface area contributed by atoms with Crippen LogP contribution in [0.3, 0.4) is 0 Å². The summed E-state index contributed by atoms with van der Waals surface area (Å²) < 4.78 is 45.7. The minimum absolute atomic E-state index is 0.203. The minimum Gasteiger partial charge on any atom is -0.366 e. The lowest BCUT2D eigenvalue weighted by Gasteiger charge is -2.32. The van der Waals surface area contributed by atoms with Crippen molar-refractivity contribution in [2.75, 3.05) is 4.90 Å². The summed E-state index contributed by atoms with van der Waals surface area (Å²) in [5.41, 5.74) is 2.18. The third-order valence-corrected chi connectivity index (χ3v) is 6.08. The van der Waals surface area contributed by atoms with Crippen molar-refractivity contribution in [3.63, 3.8) is 0 Å². The van der Waals surface area contributed by atoms with Gasteiger partial charge in [0.05, 0.1) is 45.9 Å². The Labute approximate surface area is 152 Å². The molecule has 0 unspecified atom stereocenters. The molecule has 9 heteroatoms. The highest BCUT2D eigenvalue weighted by atomic mass is 19.4. The molecule has 27 heavy (non-hydrogen) atoms. The zero-order valence-electron chi connectivity index (χ0n) is 14.5. The van der Waals surface area contributed by atoms with Crippen LogP contribution in [0.2, 0.25) is 0 Å². The number of anilines is 1. The number of hydrogen-bond acceptors (Lipinski definition) is 5. The molecular formula is C18H16F3N3O3. The molecular weight excluding hydrogens is 363 g/mol. The van der Waals surface area contributed by atoms with Gasteiger partial charge in [0.15, 0.2) is 0 Å². The third kappa shape index (κ3) is 2.14. The van der Waals surface area contributed by atoms with Gasteiger partial charge in [-0.15, -0.1) is 0 Å². The average molecular weight is 379 g/mol. The number of carbonyl (C=O) groups is 2. The SMILES string of the molecule is C[C@@]12O[C@](C)(C[C@H]1N)[C@H]1C(=O)N(c3ccc(C#N)c(C(F)(F)F)c3)C(=O)[C@H]12. The molecule has 0 aliphatic carbocycles. The average Bonchev–Trinajstić information content (AvgIpc) is 3.07. The molecule has 1 aromatic rings. The van der Waals surface area contributed by atoms with Gasteiger partial charge in [-0.25, -0.2) is 4.90 Å². The van der Waals surface area contributed by atoms with Crippen molar-refractivity contribution in [2.45, 2.75) is 43.7 Å². The summed E-state index contributed by atoms with van der Waals surface area (Å²) in [5.74, 6) is -2.85. The predicted molar refractivity (Wildman–Crippen MR) is 86.1 cm³/mol. The summed E-state index contributed by atoms with van der Waals surface area (Å²) in [4.78, 5) is 26.8. The monoisotopic (exact) mass is 379 g/mol. The number of carbonyl (C=O) groups excluding carboxylic acids is 2. The van der Waals surface area contributed by atoms with E-state index in [0.717, 1.165) is 11.0 Å². The largest absolute Gasteiger partial charge is 0.417 e. The van der Waals surface area contributed by atoms with Crippen LogP contribution < -0.4 is 10.6 Å². The zero-order valence-corrected chi connectivity index (χ0v) is 14.5. The first-order valence-electron chi connectivity index (χ1n) is 8.39. The Morgan fingerprint density at radius 2 is 1.89 bits per heavy atom. The Morgan fingerprint density at radius 1 is 1.26 bits per heavy atom. The lowest BCUT2D eigenvalue weighted by atomic mass is 9.67. The number of nitriles is 1. The number of fused-ring (bicyclic) bond motifs is 5. The van der Waals surface area contributed by atoms with Gasteiger partial charge in [-0.2, -0.15) is 18.4 Å². The van der Waals surface area contributed by atoms with Crippen molar-refractivity contribution < 1.29 is 27.5 Å². The summed E-state index contributed by atoms with van der Waals surface area (Å²) in [7, 11) is 0. The molecule has 2 bridgehead atoms. The van der Waals surface area contributed by atoms with Crippen LogP contribution in [0.5, 0.6) is 0 Å². The molecule has 3 heterocycles. The number of nitrogens with zero attached hydrogens (tertiary/aromatic N) is 2. The number of nitrogens with two attached hydrogens (primary N) is 1. The van der Waals surface area contributed by atoms with Gasteiger partial charge in [0.1, 0.15) is 0 Å². The third-order valence-electron chi connectivity index (χ3n) is 6.08. The second kappa shape index (κ2) is 5.09. The Kier molecular flexibility index (Phi) is 3.38. The molecule has 3 saturated heterocycles. The first kappa shape index (κ1) is 17.9. The molecule has 2 N–H and O–H groups in total. The van der Waals surface area contributed by atoms with Crippen LogP contribution in [-0.4, -0.2) is 29.1 Å². The van der Waals surface area contributed by atoms with E-state index in [-0.39, 0.29) is 5.69 Å². The molecule has 3 aliphatic rings. The second-order valence-electron chi connectivity index (χ2n) is 7.72. The first-order valence-corrected chi connectivity index (χ1v) is 8.39. The molecule has 0 saturated carbocycles. The summed E-state index contributed by atoms with van der Waals surface area (Å²) >= 11 is 0. The maximum atomic E-state index is 13.3. The fraction of sp³-hybridized carbons (Fsp3) is 0.500. The van der Waals surface area contributed by atoms with E-state index in [1.807, 2.05) is 0 Å². The van der Waals surface area contributed by atoms with E-state index < -0.39 is 58.2 Å². The Morgan fingerprint density at radius 3 is 2.48 bits per heavy atom. The fourth-order valence-electron chi connectivity index (χ4n) is 4.86. The van der Waals surface area contributed by atoms with Crippen molar-refractivity contribution in [1.29, 1.82) is 5.26 Å². The van der Waals surface area contributed by atoms with Crippen molar-refractivity contribution in [3.8, 4) is 6.07 Å². The smallest absolute Gasteiger partial charge is 0.366 e. The van der Waals surface area contributed by atoms with E-state index in [0.29, 0.717) is 12.5 Å². The number of benzene rings is 1. The highest BCUT2D eigenvalue weighted by molar-refractivity contribution is 6.23. The molecule has 5 atom stereocenters. The Balaban J connectivity index is 1.81. The summed E-state index contributed by atoms with van der Waals surface area (Å²) in [6.07, 6.45) is -4.40. The van der Waals surface area contributed by atoms with E-state index in [1.54, 1.807) is 13.8 Å². The van der Waals surface area contributed by atoms with Crippen LogP contribution in [0.25, 0.3) is 0 Å². The Bertz CT molecular complexity index is 925. The maximum Gasteiger partial charge on any atom is 0.417 e. The molecule has 2 amide bonds. The number of rotatable bonds is 1. The lowest BCUT2D eigenvalue weighted by Crippen LogP contribution is -2.53. The van der Waals surface area contributed by atoms with Crippen LogP contribution in [0.15, 0.2) is 18.2 Å². The molecule has 0 radical (unpaired) electrons. The standard InChI is InChI=1S/C18H16F3N3O3/c1-16-6-11(23)17(2,27-16)13-12(16)14(25)24(15(13)26)9-4-3-8(7-22)10(5-9)18(19,20)21/h3-5,11-13H,6,23H2,1-2H3/t11-,12-,13+,16-,17-/m1/s1. The number of amides is 2. The van der Waals surface area contributed by atoms with Crippen molar-refractivity contribution in [2.24, 2.45) is 17.6 Å². The van der Waals surface area contributed by atoms with Crippen molar-refractivity contribution in [3.05, 3.63) is 29.3 Å². The summed E-state index contributed by atoms with van der Waals surface area (Å²) in [6, 6.07) is 3.84. The zero-order chi connectivity index (χ0) is 19.9. The molecule has 6 nitrogen and oxygen atoms in total. The number of ether oxygens (including phenoxy) is 1. The highest BCUT2D eigenvalue weighted by Gasteiger charge is 2.75. The van der Waals surface area contributed by atoms with Gasteiger partial charge in [0.25, 0.3) is 0 Å². The van der Waals surface area contributed by atoms with Crippen LogP contribution in [0.4, 0.5) is 18.9 Å². The molecule has 0 spiro atoms. The van der Waals surface area contributed by atoms with Crippen LogP contribution in [0, 0.1) is 23.2 Å². The van der Waals surface area contributed by atoms with E-state index in [9.17, 15) is 22.8 Å². The highest BCUT2D eigenvalue weighted by Crippen LogP contribution is 2.60. The normalized spacial score (nSPS) is 37.7. The van der Waals surface area contributed by atoms with Gasteiger partial charge >= 0.3 is 6.18 Å². The van der Waals surface area contributed by atoms with Crippen molar-refractivity contribution in [1.82, 2.24) is 0 Å².